The van der Waals surface area contributed by atoms with E-state index in [1.807, 2.05) is 32.9 Å². The molecule has 17 heavy (non-hydrogen) atoms. The lowest BCUT2D eigenvalue weighted by molar-refractivity contribution is 0.00508. The van der Waals surface area contributed by atoms with Gasteiger partial charge in [0.15, 0.2) is 0 Å². The Bertz CT molecular complexity index is 366. The number of aryl methyl sites for hydroxylation is 1. The lowest BCUT2D eigenvalue weighted by atomic mass is 10.1. The quantitative estimate of drug-likeness (QED) is 0.733. The molecule has 1 aromatic rings. The molecule has 0 aliphatic carbocycles. The number of pyridine rings is 1. The molecule has 3 nitrogen and oxygen atoms in total. The van der Waals surface area contributed by atoms with E-state index in [9.17, 15) is 0 Å². The third kappa shape index (κ3) is 4.52. The zero-order valence-corrected chi connectivity index (χ0v) is 11.7. The smallest absolute Gasteiger partial charge is 0.213 e. The Morgan fingerprint density at radius 3 is 2.59 bits per heavy atom. The predicted molar refractivity (Wildman–Crippen MR) is 69.7 cm³/mol. The fourth-order valence-electron chi connectivity index (χ4n) is 1.29. The third-order valence-corrected chi connectivity index (χ3v) is 3.11. The van der Waals surface area contributed by atoms with Crippen LogP contribution in [0.2, 0.25) is 0 Å². The Kier molecular flexibility index (Phi) is 5.22. The summed E-state index contributed by atoms with van der Waals surface area (Å²) in [6, 6.07) is 3.80. The van der Waals surface area contributed by atoms with E-state index in [1.54, 1.807) is 7.11 Å². The maximum atomic E-state index is 5.77. The van der Waals surface area contributed by atoms with Crippen molar-refractivity contribution in [2.24, 2.45) is 0 Å². The van der Waals surface area contributed by atoms with Crippen LogP contribution < -0.4 is 4.74 Å². The lowest BCUT2D eigenvalue weighted by Crippen LogP contribution is -2.25. The second-order valence-electron chi connectivity index (χ2n) is 4.59. The largest absolute Gasteiger partial charge is 0.478 e. The first-order chi connectivity index (χ1) is 7.98. The summed E-state index contributed by atoms with van der Waals surface area (Å²) < 4.78 is 10.9. The summed E-state index contributed by atoms with van der Waals surface area (Å²) in [6.07, 6.45) is 0.821. The Balaban J connectivity index is 2.50. The summed E-state index contributed by atoms with van der Waals surface area (Å²) in [6.45, 7) is 6.59. The number of aromatic nitrogens is 1. The van der Waals surface area contributed by atoms with E-state index in [0.29, 0.717) is 18.4 Å². The van der Waals surface area contributed by atoms with E-state index in [-0.39, 0.29) is 5.60 Å². The van der Waals surface area contributed by atoms with Crippen LogP contribution in [0, 0.1) is 6.92 Å². The minimum atomic E-state index is -0.162. The molecule has 1 aromatic heterocycles. The normalized spacial score (nSPS) is 11.6. The molecule has 1 heterocycles. The van der Waals surface area contributed by atoms with Crippen LogP contribution in [0.5, 0.6) is 5.88 Å². The zero-order valence-electron chi connectivity index (χ0n) is 10.9. The van der Waals surface area contributed by atoms with Crippen LogP contribution in [0.25, 0.3) is 0 Å². The van der Waals surface area contributed by atoms with Crippen LogP contribution in [-0.4, -0.2) is 24.3 Å². The van der Waals surface area contributed by atoms with E-state index < -0.39 is 0 Å². The van der Waals surface area contributed by atoms with Crippen LogP contribution in [0.3, 0.4) is 0 Å². The Hall–Kier alpha value is -0.800. The lowest BCUT2D eigenvalue weighted by Gasteiger charge is -2.22. The number of alkyl halides is 1. The number of methoxy groups -OCH3 is 1. The Morgan fingerprint density at radius 2 is 2.06 bits per heavy atom. The fourth-order valence-corrected chi connectivity index (χ4v) is 1.57. The number of hydrogen-bond acceptors (Lipinski definition) is 3. The van der Waals surface area contributed by atoms with Crippen LogP contribution in [0.1, 0.15) is 31.5 Å². The average Bonchev–Trinajstić information content (AvgIpc) is 2.29. The van der Waals surface area contributed by atoms with Gasteiger partial charge in [0, 0.05) is 31.2 Å². The summed E-state index contributed by atoms with van der Waals surface area (Å²) in [7, 11) is 1.71. The van der Waals surface area contributed by atoms with Crippen molar-refractivity contribution in [2.75, 3.05) is 13.7 Å². The first-order valence-corrected chi connectivity index (χ1v) is 6.22. The zero-order chi connectivity index (χ0) is 12.9. The van der Waals surface area contributed by atoms with Gasteiger partial charge in [-0.25, -0.2) is 4.98 Å². The van der Waals surface area contributed by atoms with Crippen molar-refractivity contribution in [3.8, 4) is 5.88 Å². The van der Waals surface area contributed by atoms with Crippen LogP contribution in [-0.2, 0) is 10.6 Å². The van der Waals surface area contributed by atoms with Gasteiger partial charge < -0.3 is 9.47 Å². The van der Waals surface area contributed by atoms with Crippen LogP contribution >= 0.6 is 11.6 Å². The van der Waals surface area contributed by atoms with E-state index in [0.717, 1.165) is 17.7 Å². The summed E-state index contributed by atoms with van der Waals surface area (Å²) in [4.78, 5) is 4.34. The predicted octanol–water partition coefficient (Wildman–Crippen LogP) is 3.32. The van der Waals surface area contributed by atoms with Gasteiger partial charge in [0.25, 0.3) is 0 Å². The van der Waals surface area contributed by atoms with Gasteiger partial charge >= 0.3 is 0 Å². The summed E-state index contributed by atoms with van der Waals surface area (Å²) in [5, 5.41) is 0. The molecule has 96 valence electrons. The van der Waals surface area contributed by atoms with Gasteiger partial charge in [-0.15, -0.1) is 11.6 Å². The minimum Gasteiger partial charge on any atom is -0.478 e. The second-order valence-corrected chi connectivity index (χ2v) is 4.86. The minimum absolute atomic E-state index is 0.162. The van der Waals surface area contributed by atoms with Crippen LogP contribution in [0.15, 0.2) is 12.1 Å². The molecule has 0 bridgehead atoms. The Morgan fingerprint density at radius 1 is 1.35 bits per heavy atom. The summed E-state index contributed by atoms with van der Waals surface area (Å²) >= 11 is 5.77. The molecule has 0 saturated carbocycles. The first kappa shape index (κ1) is 14.3. The van der Waals surface area contributed by atoms with Crippen molar-refractivity contribution < 1.29 is 9.47 Å². The van der Waals surface area contributed by atoms with E-state index in [1.165, 1.54) is 0 Å². The molecule has 0 unspecified atom stereocenters. The van der Waals surface area contributed by atoms with Gasteiger partial charge in [-0.3, -0.25) is 0 Å². The number of hydrogen-bond donors (Lipinski definition) is 0. The van der Waals surface area contributed by atoms with Gasteiger partial charge in [-0.2, -0.15) is 0 Å². The molecule has 0 amide bonds. The molecule has 0 saturated heterocycles. The van der Waals surface area contributed by atoms with Gasteiger partial charge in [0.1, 0.15) is 0 Å². The van der Waals surface area contributed by atoms with E-state index in [2.05, 4.69) is 4.98 Å². The molecule has 0 spiro atoms. The maximum Gasteiger partial charge on any atom is 0.213 e. The maximum absolute atomic E-state index is 5.77. The van der Waals surface area contributed by atoms with Crippen molar-refractivity contribution in [1.29, 1.82) is 0 Å². The molecular formula is C13H20ClNO2. The van der Waals surface area contributed by atoms with Crippen LogP contribution in [0.4, 0.5) is 0 Å². The molecule has 0 radical (unpaired) electrons. The number of ether oxygens (including phenoxy) is 2. The van der Waals surface area contributed by atoms with Crippen molar-refractivity contribution in [2.45, 2.75) is 38.7 Å². The monoisotopic (exact) mass is 257 g/mol. The topological polar surface area (TPSA) is 31.4 Å². The molecule has 0 N–H and O–H groups in total. The van der Waals surface area contributed by atoms with Gasteiger partial charge in [-0.1, -0.05) is 6.07 Å². The highest BCUT2D eigenvalue weighted by molar-refractivity contribution is 6.17. The highest BCUT2D eigenvalue weighted by atomic mass is 35.5. The second kappa shape index (κ2) is 6.22. The number of halogens is 1. The van der Waals surface area contributed by atoms with Gasteiger partial charge in [-0.05, 0) is 26.3 Å². The van der Waals surface area contributed by atoms with Gasteiger partial charge in [0.2, 0.25) is 5.88 Å². The highest BCUT2D eigenvalue weighted by Gasteiger charge is 2.16. The molecule has 1 rings (SSSR count). The van der Waals surface area contributed by atoms with E-state index in [4.69, 9.17) is 21.1 Å². The number of rotatable bonds is 6. The van der Waals surface area contributed by atoms with Crippen molar-refractivity contribution in [3.05, 3.63) is 23.4 Å². The SMILES string of the molecule is COC(C)(C)CCOc1ccc(CCl)c(C)n1. The van der Waals surface area contributed by atoms with Crippen molar-refractivity contribution >= 4 is 11.6 Å². The third-order valence-electron chi connectivity index (χ3n) is 2.82. The van der Waals surface area contributed by atoms with Gasteiger partial charge in [0.05, 0.1) is 12.2 Å². The fraction of sp³-hybridized carbons (Fsp3) is 0.615. The highest BCUT2D eigenvalue weighted by Crippen LogP contribution is 2.16. The summed E-state index contributed by atoms with van der Waals surface area (Å²) in [5.74, 6) is 1.12. The molecule has 4 heteroatoms. The van der Waals surface area contributed by atoms with Crippen molar-refractivity contribution in [1.82, 2.24) is 4.98 Å². The molecule has 0 aliphatic rings. The molecule has 0 fully saturated rings. The molecular weight excluding hydrogens is 238 g/mol. The number of nitrogens with zero attached hydrogens (tertiary/aromatic N) is 1. The average molecular weight is 258 g/mol. The summed E-state index contributed by atoms with van der Waals surface area (Å²) in [5.41, 5.74) is 1.80. The molecule has 0 atom stereocenters. The Labute approximate surface area is 108 Å². The van der Waals surface area contributed by atoms with E-state index >= 15 is 0 Å². The van der Waals surface area contributed by atoms with Crippen molar-refractivity contribution in [3.63, 3.8) is 0 Å². The standard InChI is InChI=1S/C13H20ClNO2/c1-10-11(9-14)5-6-12(15-10)17-8-7-13(2,3)16-4/h5-6H,7-9H2,1-4H3. The molecule has 0 aliphatic heterocycles. The molecule has 0 aromatic carbocycles. The first-order valence-electron chi connectivity index (χ1n) is 5.69.